The largest absolute Gasteiger partial charge is 0.395 e. The lowest BCUT2D eigenvalue weighted by Gasteiger charge is -2.31. The third-order valence-electron chi connectivity index (χ3n) is 3.70. The molecule has 0 saturated heterocycles. The summed E-state index contributed by atoms with van der Waals surface area (Å²) in [5, 5.41) is 8.98. The molecular formula is C13H26N2O2. The fourth-order valence-electron chi connectivity index (χ4n) is 2.63. The molecule has 4 heteroatoms. The van der Waals surface area contributed by atoms with Gasteiger partial charge >= 0.3 is 0 Å². The van der Waals surface area contributed by atoms with Crippen molar-refractivity contribution in [3.8, 4) is 0 Å². The van der Waals surface area contributed by atoms with Gasteiger partial charge in [-0.15, -0.1) is 0 Å². The zero-order valence-electron chi connectivity index (χ0n) is 10.9. The summed E-state index contributed by atoms with van der Waals surface area (Å²) in [4.78, 5) is 14.1. The maximum absolute atomic E-state index is 12.3. The van der Waals surface area contributed by atoms with E-state index in [2.05, 4.69) is 6.92 Å². The molecule has 100 valence electrons. The molecule has 1 amide bonds. The van der Waals surface area contributed by atoms with Gasteiger partial charge in [0.25, 0.3) is 0 Å². The molecule has 0 bridgehead atoms. The van der Waals surface area contributed by atoms with Crippen LogP contribution in [0.15, 0.2) is 0 Å². The molecule has 0 radical (unpaired) electrons. The highest BCUT2D eigenvalue weighted by Gasteiger charge is 2.28. The van der Waals surface area contributed by atoms with E-state index in [4.69, 9.17) is 10.8 Å². The number of hydrogen-bond donors (Lipinski definition) is 2. The van der Waals surface area contributed by atoms with E-state index in [1.807, 2.05) is 4.90 Å². The second-order valence-corrected chi connectivity index (χ2v) is 5.00. The van der Waals surface area contributed by atoms with Crippen LogP contribution in [0.25, 0.3) is 0 Å². The molecule has 0 unspecified atom stereocenters. The lowest BCUT2D eigenvalue weighted by molar-refractivity contribution is -0.137. The number of carbonyl (C=O) groups is 1. The summed E-state index contributed by atoms with van der Waals surface area (Å²) in [6, 6.07) is 0. The van der Waals surface area contributed by atoms with Gasteiger partial charge in [-0.05, 0) is 44.6 Å². The number of carbonyl (C=O) groups excluding carboxylic acids is 1. The average Bonchev–Trinajstić information content (AvgIpc) is 2.38. The van der Waals surface area contributed by atoms with E-state index in [1.165, 1.54) is 0 Å². The van der Waals surface area contributed by atoms with Crippen molar-refractivity contribution in [2.24, 2.45) is 17.6 Å². The van der Waals surface area contributed by atoms with E-state index in [0.717, 1.165) is 45.2 Å². The highest BCUT2D eigenvalue weighted by atomic mass is 16.3. The zero-order valence-corrected chi connectivity index (χ0v) is 10.9. The fourth-order valence-corrected chi connectivity index (χ4v) is 2.63. The minimum Gasteiger partial charge on any atom is -0.395 e. The first kappa shape index (κ1) is 14.5. The minimum atomic E-state index is 0.0594. The van der Waals surface area contributed by atoms with Crippen molar-refractivity contribution in [3.05, 3.63) is 0 Å². The SMILES string of the molecule is CCCN(CCO)C(=O)C1CCC(CN)CC1. The van der Waals surface area contributed by atoms with Crippen LogP contribution >= 0.6 is 0 Å². The van der Waals surface area contributed by atoms with Gasteiger partial charge in [0.05, 0.1) is 6.61 Å². The Morgan fingerprint density at radius 1 is 1.29 bits per heavy atom. The summed E-state index contributed by atoms with van der Waals surface area (Å²) in [6.07, 6.45) is 5.03. The number of hydrogen-bond acceptors (Lipinski definition) is 3. The Morgan fingerprint density at radius 3 is 2.41 bits per heavy atom. The molecule has 0 aromatic heterocycles. The van der Waals surface area contributed by atoms with Crippen LogP contribution < -0.4 is 5.73 Å². The molecule has 1 aliphatic carbocycles. The summed E-state index contributed by atoms with van der Waals surface area (Å²) in [5.74, 6) is 1.00. The highest BCUT2D eigenvalue weighted by molar-refractivity contribution is 5.78. The van der Waals surface area contributed by atoms with Crippen LogP contribution in [-0.2, 0) is 4.79 Å². The molecule has 1 saturated carbocycles. The minimum absolute atomic E-state index is 0.0594. The van der Waals surface area contributed by atoms with Gasteiger partial charge in [-0.1, -0.05) is 6.92 Å². The Balaban J connectivity index is 2.45. The lowest BCUT2D eigenvalue weighted by atomic mass is 9.81. The first-order chi connectivity index (χ1) is 8.22. The first-order valence-corrected chi connectivity index (χ1v) is 6.82. The fraction of sp³-hybridized carbons (Fsp3) is 0.923. The van der Waals surface area contributed by atoms with Gasteiger partial charge in [-0.2, -0.15) is 0 Å². The van der Waals surface area contributed by atoms with E-state index in [9.17, 15) is 4.79 Å². The Labute approximate surface area is 104 Å². The van der Waals surface area contributed by atoms with E-state index >= 15 is 0 Å². The van der Waals surface area contributed by atoms with Crippen molar-refractivity contribution in [1.82, 2.24) is 4.90 Å². The third-order valence-corrected chi connectivity index (χ3v) is 3.70. The Bertz CT molecular complexity index is 219. The van der Waals surface area contributed by atoms with E-state index in [0.29, 0.717) is 12.5 Å². The van der Waals surface area contributed by atoms with Crippen LogP contribution in [0.2, 0.25) is 0 Å². The van der Waals surface area contributed by atoms with E-state index in [1.54, 1.807) is 0 Å². The molecule has 1 rings (SSSR count). The summed E-state index contributed by atoms with van der Waals surface area (Å²) < 4.78 is 0. The smallest absolute Gasteiger partial charge is 0.225 e. The normalized spacial score (nSPS) is 24.6. The van der Waals surface area contributed by atoms with Crippen molar-refractivity contribution in [3.63, 3.8) is 0 Å². The van der Waals surface area contributed by atoms with Gasteiger partial charge in [0, 0.05) is 19.0 Å². The molecular weight excluding hydrogens is 216 g/mol. The first-order valence-electron chi connectivity index (χ1n) is 6.82. The third kappa shape index (κ3) is 4.28. The molecule has 4 nitrogen and oxygen atoms in total. The predicted molar refractivity (Wildman–Crippen MR) is 68.5 cm³/mol. The maximum atomic E-state index is 12.3. The van der Waals surface area contributed by atoms with Crippen LogP contribution in [-0.4, -0.2) is 42.2 Å². The number of nitrogens with zero attached hydrogens (tertiary/aromatic N) is 1. The van der Waals surface area contributed by atoms with Crippen molar-refractivity contribution >= 4 is 5.91 Å². The Morgan fingerprint density at radius 2 is 1.94 bits per heavy atom. The van der Waals surface area contributed by atoms with Crippen molar-refractivity contribution in [2.45, 2.75) is 39.0 Å². The quantitative estimate of drug-likeness (QED) is 0.729. The van der Waals surface area contributed by atoms with Crippen LogP contribution in [0.3, 0.4) is 0 Å². The average molecular weight is 242 g/mol. The van der Waals surface area contributed by atoms with Gasteiger partial charge in [0.2, 0.25) is 5.91 Å². The standard InChI is InChI=1S/C13H26N2O2/c1-2-7-15(8-9-16)13(17)12-5-3-11(10-14)4-6-12/h11-12,16H,2-10,14H2,1H3. The van der Waals surface area contributed by atoms with Crippen molar-refractivity contribution in [1.29, 1.82) is 0 Å². The van der Waals surface area contributed by atoms with Crippen LogP contribution in [0, 0.1) is 11.8 Å². The van der Waals surface area contributed by atoms with E-state index < -0.39 is 0 Å². The number of nitrogens with two attached hydrogens (primary N) is 1. The summed E-state index contributed by atoms with van der Waals surface area (Å²) in [5.41, 5.74) is 5.65. The number of aliphatic hydroxyl groups is 1. The molecule has 0 aromatic rings. The molecule has 0 aliphatic heterocycles. The Kier molecular flexibility index (Phi) is 6.52. The number of aliphatic hydroxyl groups excluding tert-OH is 1. The van der Waals surface area contributed by atoms with Gasteiger partial charge in [0.15, 0.2) is 0 Å². The summed E-state index contributed by atoms with van der Waals surface area (Å²) >= 11 is 0. The summed E-state index contributed by atoms with van der Waals surface area (Å²) in [7, 11) is 0. The number of amides is 1. The van der Waals surface area contributed by atoms with Crippen LogP contribution in [0.4, 0.5) is 0 Å². The molecule has 1 fully saturated rings. The molecule has 17 heavy (non-hydrogen) atoms. The number of rotatable bonds is 6. The molecule has 3 N–H and O–H groups in total. The van der Waals surface area contributed by atoms with Crippen LogP contribution in [0.5, 0.6) is 0 Å². The van der Waals surface area contributed by atoms with E-state index in [-0.39, 0.29) is 18.4 Å². The van der Waals surface area contributed by atoms with Gasteiger partial charge in [-0.25, -0.2) is 0 Å². The Hall–Kier alpha value is -0.610. The van der Waals surface area contributed by atoms with Gasteiger partial charge in [0.1, 0.15) is 0 Å². The molecule has 0 heterocycles. The summed E-state index contributed by atoms with van der Waals surface area (Å²) in [6.45, 7) is 4.10. The molecule has 1 aliphatic rings. The topological polar surface area (TPSA) is 66.6 Å². The lowest BCUT2D eigenvalue weighted by Crippen LogP contribution is -2.40. The second-order valence-electron chi connectivity index (χ2n) is 5.00. The highest BCUT2D eigenvalue weighted by Crippen LogP contribution is 2.29. The molecule has 0 aromatic carbocycles. The maximum Gasteiger partial charge on any atom is 0.225 e. The molecule has 0 atom stereocenters. The van der Waals surface area contributed by atoms with Crippen molar-refractivity contribution in [2.75, 3.05) is 26.2 Å². The second kappa shape index (κ2) is 7.67. The van der Waals surface area contributed by atoms with Crippen LogP contribution in [0.1, 0.15) is 39.0 Å². The monoisotopic (exact) mass is 242 g/mol. The van der Waals surface area contributed by atoms with Gasteiger partial charge in [-0.3, -0.25) is 4.79 Å². The van der Waals surface area contributed by atoms with Gasteiger partial charge < -0.3 is 15.7 Å². The van der Waals surface area contributed by atoms with Crippen molar-refractivity contribution < 1.29 is 9.90 Å². The zero-order chi connectivity index (χ0) is 12.7. The molecule has 0 spiro atoms. The predicted octanol–water partition coefficient (Wildman–Crippen LogP) is 0.982.